The predicted molar refractivity (Wildman–Crippen MR) is 83.6 cm³/mol. The minimum absolute atomic E-state index is 0.724. The second-order valence-corrected chi connectivity index (χ2v) is 6.54. The molecule has 0 spiro atoms. The fourth-order valence-electron chi connectivity index (χ4n) is 3.74. The van der Waals surface area contributed by atoms with E-state index in [1.165, 1.54) is 42.4 Å². The predicted octanol–water partition coefficient (Wildman–Crippen LogP) is 4.26. The molecule has 0 saturated heterocycles. The quantitative estimate of drug-likeness (QED) is 0.852. The molecule has 1 aliphatic rings. The Morgan fingerprint density at radius 2 is 1.79 bits per heavy atom. The van der Waals surface area contributed by atoms with Gasteiger partial charge in [0.05, 0.1) is 0 Å². The van der Waals surface area contributed by atoms with Crippen molar-refractivity contribution in [3.05, 3.63) is 34.9 Å². The molecule has 2 rings (SSSR count). The first-order valence-corrected chi connectivity index (χ1v) is 7.89. The van der Waals surface area contributed by atoms with E-state index >= 15 is 0 Å². The van der Waals surface area contributed by atoms with Crippen LogP contribution in [0.4, 0.5) is 0 Å². The van der Waals surface area contributed by atoms with Crippen molar-refractivity contribution >= 4 is 0 Å². The second-order valence-electron chi connectivity index (χ2n) is 6.54. The Balaban J connectivity index is 2.09. The van der Waals surface area contributed by atoms with Crippen LogP contribution in [0.5, 0.6) is 0 Å². The van der Waals surface area contributed by atoms with Gasteiger partial charge < -0.3 is 5.32 Å². The molecule has 1 heteroatoms. The van der Waals surface area contributed by atoms with E-state index in [2.05, 4.69) is 51.2 Å². The Morgan fingerprint density at radius 1 is 1.11 bits per heavy atom. The van der Waals surface area contributed by atoms with Crippen molar-refractivity contribution in [1.82, 2.24) is 5.32 Å². The molecule has 0 heterocycles. The van der Waals surface area contributed by atoms with Crippen LogP contribution in [0.3, 0.4) is 0 Å². The molecule has 3 unspecified atom stereocenters. The fraction of sp³-hybridized carbons (Fsp3) is 0.667. The molecule has 0 radical (unpaired) electrons. The molecular formula is C18H29N. The summed E-state index contributed by atoms with van der Waals surface area (Å²) in [6, 6.07) is 7.74. The lowest BCUT2D eigenvalue weighted by atomic mass is 9.76. The lowest BCUT2D eigenvalue weighted by Crippen LogP contribution is -2.41. The van der Waals surface area contributed by atoms with Crippen LogP contribution in [-0.4, -0.2) is 12.6 Å². The van der Waals surface area contributed by atoms with E-state index in [4.69, 9.17) is 0 Å². The third-order valence-electron chi connectivity index (χ3n) is 4.49. The van der Waals surface area contributed by atoms with Gasteiger partial charge in [-0.2, -0.15) is 0 Å². The van der Waals surface area contributed by atoms with Crippen LogP contribution in [0.1, 0.15) is 49.8 Å². The Labute approximate surface area is 118 Å². The summed E-state index contributed by atoms with van der Waals surface area (Å²) in [7, 11) is 0. The van der Waals surface area contributed by atoms with Gasteiger partial charge in [-0.05, 0) is 63.5 Å². The standard InChI is InChI=1S/C18H29N/c1-5-19-18-7-6-13(2)11-17(18)12-16-9-14(3)8-15(4)10-16/h8-10,13,17-19H,5-7,11-12H2,1-4H3. The van der Waals surface area contributed by atoms with Crippen molar-refractivity contribution in [3.63, 3.8) is 0 Å². The number of nitrogens with one attached hydrogen (secondary N) is 1. The van der Waals surface area contributed by atoms with Crippen molar-refractivity contribution in [3.8, 4) is 0 Å². The average Bonchev–Trinajstić information content (AvgIpc) is 2.31. The molecule has 1 aromatic carbocycles. The maximum absolute atomic E-state index is 3.70. The summed E-state index contributed by atoms with van der Waals surface area (Å²) in [5, 5.41) is 3.70. The van der Waals surface area contributed by atoms with Gasteiger partial charge in [-0.25, -0.2) is 0 Å². The van der Waals surface area contributed by atoms with E-state index in [1.807, 2.05) is 0 Å². The molecule has 1 N–H and O–H groups in total. The first-order valence-electron chi connectivity index (χ1n) is 7.89. The summed E-state index contributed by atoms with van der Waals surface area (Å²) in [5.41, 5.74) is 4.33. The van der Waals surface area contributed by atoms with Gasteiger partial charge in [-0.3, -0.25) is 0 Å². The number of benzene rings is 1. The summed E-state index contributed by atoms with van der Waals surface area (Å²) < 4.78 is 0. The lowest BCUT2D eigenvalue weighted by molar-refractivity contribution is 0.214. The first kappa shape index (κ1) is 14.6. The van der Waals surface area contributed by atoms with Crippen LogP contribution in [0.15, 0.2) is 18.2 Å². The summed E-state index contributed by atoms with van der Waals surface area (Å²) >= 11 is 0. The molecule has 0 aromatic heterocycles. The Kier molecular flexibility index (Phi) is 5.04. The molecule has 19 heavy (non-hydrogen) atoms. The van der Waals surface area contributed by atoms with E-state index in [1.54, 1.807) is 0 Å². The van der Waals surface area contributed by atoms with Crippen molar-refractivity contribution < 1.29 is 0 Å². The largest absolute Gasteiger partial charge is 0.314 e. The number of aryl methyl sites for hydroxylation is 2. The molecule has 106 valence electrons. The highest BCUT2D eigenvalue weighted by Gasteiger charge is 2.28. The average molecular weight is 259 g/mol. The van der Waals surface area contributed by atoms with E-state index in [0.717, 1.165) is 24.4 Å². The molecule has 1 saturated carbocycles. The summed E-state index contributed by atoms with van der Waals surface area (Å²) in [6.45, 7) is 10.2. The highest BCUT2D eigenvalue weighted by atomic mass is 14.9. The van der Waals surface area contributed by atoms with Gasteiger partial charge in [0.15, 0.2) is 0 Å². The lowest BCUT2D eigenvalue weighted by Gasteiger charge is -2.35. The number of rotatable bonds is 4. The third-order valence-corrected chi connectivity index (χ3v) is 4.49. The molecule has 0 bridgehead atoms. The summed E-state index contributed by atoms with van der Waals surface area (Å²) in [4.78, 5) is 0. The molecule has 0 aliphatic heterocycles. The van der Waals surface area contributed by atoms with Crippen LogP contribution in [0.2, 0.25) is 0 Å². The number of hydrogen-bond acceptors (Lipinski definition) is 1. The second kappa shape index (κ2) is 6.56. The normalized spacial score (nSPS) is 27.5. The maximum Gasteiger partial charge on any atom is 0.00985 e. The van der Waals surface area contributed by atoms with Crippen LogP contribution in [0, 0.1) is 25.7 Å². The van der Waals surface area contributed by atoms with E-state index in [0.29, 0.717) is 0 Å². The molecule has 3 atom stereocenters. The van der Waals surface area contributed by atoms with Crippen LogP contribution < -0.4 is 5.32 Å². The number of hydrogen-bond donors (Lipinski definition) is 1. The van der Waals surface area contributed by atoms with Crippen molar-refractivity contribution in [1.29, 1.82) is 0 Å². The zero-order valence-electron chi connectivity index (χ0n) is 13.0. The van der Waals surface area contributed by atoms with Crippen LogP contribution in [0.25, 0.3) is 0 Å². The van der Waals surface area contributed by atoms with E-state index in [-0.39, 0.29) is 0 Å². The van der Waals surface area contributed by atoms with E-state index < -0.39 is 0 Å². The fourth-order valence-corrected chi connectivity index (χ4v) is 3.74. The maximum atomic E-state index is 3.70. The van der Waals surface area contributed by atoms with Crippen molar-refractivity contribution in [2.75, 3.05) is 6.54 Å². The molecule has 0 amide bonds. The third kappa shape index (κ3) is 4.07. The first-order chi connectivity index (χ1) is 9.08. The highest BCUT2D eigenvalue weighted by molar-refractivity contribution is 5.29. The zero-order chi connectivity index (χ0) is 13.8. The highest BCUT2D eigenvalue weighted by Crippen LogP contribution is 2.31. The van der Waals surface area contributed by atoms with Gasteiger partial charge in [-0.15, -0.1) is 0 Å². The SMILES string of the molecule is CCNC1CCC(C)CC1Cc1cc(C)cc(C)c1. The molecule has 1 nitrogen and oxygen atoms in total. The Hall–Kier alpha value is -0.820. The van der Waals surface area contributed by atoms with Gasteiger partial charge >= 0.3 is 0 Å². The topological polar surface area (TPSA) is 12.0 Å². The smallest absolute Gasteiger partial charge is 0.00985 e. The van der Waals surface area contributed by atoms with E-state index in [9.17, 15) is 0 Å². The minimum atomic E-state index is 0.724. The molecule has 1 fully saturated rings. The summed E-state index contributed by atoms with van der Waals surface area (Å²) in [5.74, 6) is 1.70. The molecule has 1 aliphatic carbocycles. The van der Waals surface area contributed by atoms with Crippen molar-refractivity contribution in [2.45, 2.75) is 59.4 Å². The monoisotopic (exact) mass is 259 g/mol. The van der Waals surface area contributed by atoms with Gasteiger partial charge in [0, 0.05) is 6.04 Å². The zero-order valence-corrected chi connectivity index (χ0v) is 13.0. The van der Waals surface area contributed by atoms with Crippen LogP contribution in [-0.2, 0) is 6.42 Å². The molecular weight excluding hydrogens is 230 g/mol. The Morgan fingerprint density at radius 3 is 2.42 bits per heavy atom. The van der Waals surface area contributed by atoms with Gasteiger partial charge in [0.1, 0.15) is 0 Å². The Bertz CT molecular complexity index is 390. The summed E-state index contributed by atoms with van der Waals surface area (Å²) in [6.07, 6.45) is 5.36. The van der Waals surface area contributed by atoms with Gasteiger partial charge in [0.25, 0.3) is 0 Å². The van der Waals surface area contributed by atoms with Gasteiger partial charge in [0.2, 0.25) is 0 Å². The minimum Gasteiger partial charge on any atom is -0.314 e. The van der Waals surface area contributed by atoms with Crippen LogP contribution >= 0.6 is 0 Å². The van der Waals surface area contributed by atoms with Crippen molar-refractivity contribution in [2.24, 2.45) is 11.8 Å². The van der Waals surface area contributed by atoms with Gasteiger partial charge in [-0.1, -0.05) is 43.2 Å². The molecule has 1 aromatic rings.